The van der Waals surface area contributed by atoms with Gasteiger partial charge in [0.25, 0.3) is 0 Å². The summed E-state index contributed by atoms with van der Waals surface area (Å²) < 4.78 is 6.18. The molecule has 2 heteroatoms. The van der Waals surface area contributed by atoms with Crippen LogP contribution in [0.4, 0.5) is 0 Å². The fraction of sp³-hybridized carbons (Fsp3) is 1.00. The van der Waals surface area contributed by atoms with Gasteiger partial charge >= 0.3 is 0 Å². The molecule has 0 radical (unpaired) electrons. The van der Waals surface area contributed by atoms with Crippen LogP contribution in [0, 0.1) is 0 Å². The van der Waals surface area contributed by atoms with Crippen molar-refractivity contribution >= 4 is 0 Å². The average molecular weight is 185 g/mol. The molecule has 1 saturated heterocycles. The first kappa shape index (κ1) is 11.0. The highest BCUT2D eigenvalue weighted by atomic mass is 16.5. The zero-order valence-corrected chi connectivity index (χ0v) is 9.44. The highest BCUT2D eigenvalue weighted by Crippen LogP contribution is 2.29. The predicted octanol–water partition coefficient (Wildman–Crippen LogP) is 2.33. The van der Waals surface area contributed by atoms with Crippen LogP contribution in [0.1, 0.15) is 47.0 Å². The van der Waals surface area contributed by atoms with Crippen LogP contribution in [-0.2, 0) is 4.74 Å². The second kappa shape index (κ2) is 3.97. The highest BCUT2D eigenvalue weighted by Gasteiger charge is 2.33. The van der Waals surface area contributed by atoms with Crippen molar-refractivity contribution < 1.29 is 4.74 Å². The quantitative estimate of drug-likeness (QED) is 0.728. The van der Waals surface area contributed by atoms with E-state index in [1.807, 2.05) is 0 Å². The third kappa shape index (κ3) is 3.28. The summed E-state index contributed by atoms with van der Waals surface area (Å²) in [6, 6.07) is 0. The highest BCUT2D eigenvalue weighted by molar-refractivity contribution is 4.85. The number of rotatable bonds is 3. The zero-order valence-electron chi connectivity index (χ0n) is 9.44. The van der Waals surface area contributed by atoms with Crippen molar-refractivity contribution in [3.63, 3.8) is 0 Å². The minimum absolute atomic E-state index is 0.0338. The van der Waals surface area contributed by atoms with Gasteiger partial charge in [0, 0.05) is 0 Å². The van der Waals surface area contributed by atoms with Gasteiger partial charge in [-0.05, 0) is 53.1 Å². The summed E-state index contributed by atoms with van der Waals surface area (Å²) in [5.41, 5.74) is 0.136. The van der Waals surface area contributed by atoms with Crippen LogP contribution in [0.15, 0.2) is 0 Å². The van der Waals surface area contributed by atoms with Gasteiger partial charge in [0.05, 0.1) is 11.2 Å². The summed E-state index contributed by atoms with van der Waals surface area (Å²) in [7, 11) is 0. The Morgan fingerprint density at radius 1 is 1.31 bits per heavy atom. The van der Waals surface area contributed by atoms with Gasteiger partial charge in [-0.2, -0.15) is 0 Å². The van der Waals surface area contributed by atoms with E-state index in [2.05, 4.69) is 33.0 Å². The number of hydrogen-bond donors (Lipinski definition) is 1. The molecule has 0 spiro atoms. The fourth-order valence-corrected chi connectivity index (χ4v) is 1.80. The molecule has 1 fully saturated rings. The fourth-order valence-electron chi connectivity index (χ4n) is 1.80. The Morgan fingerprint density at radius 2 is 1.85 bits per heavy atom. The minimum Gasteiger partial charge on any atom is -0.369 e. The minimum atomic E-state index is 0.0338. The lowest BCUT2D eigenvalue weighted by Crippen LogP contribution is -2.46. The maximum absolute atomic E-state index is 6.18. The van der Waals surface area contributed by atoms with Crippen molar-refractivity contribution in [2.24, 2.45) is 0 Å². The topological polar surface area (TPSA) is 21.3 Å². The third-order valence-corrected chi connectivity index (χ3v) is 3.04. The molecule has 2 nitrogen and oxygen atoms in total. The maximum atomic E-state index is 6.18. The predicted molar refractivity (Wildman–Crippen MR) is 56.0 cm³/mol. The molecule has 0 saturated carbocycles. The van der Waals surface area contributed by atoms with Crippen molar-refractivity contribution in [1.29, 1.82) is 0 Å². The van der Waals surface area contributed by atoms with Gasteiger partial charge in [0.15, 0.2) is 0 Å². The number of ether oxygens (including phenoxy) is 1. The van der Waals surface area contributed by atoms with E-state index >= 15 is 0 Å². The Balaban J connectivity index is 2.49. The van der Waals surface area contributed by atoms with Crippen molar-refractivity contribution in [3.8, 4) is 0 Å². The number of piperidine rings is 1. The molecule has 0 aromatic heterocycles. The molecule has 0 aromatic carbocycles. The van der Waals surface area contributed by atoms with Crippen molar-refractivity contribution in [2.75, 3.05) is 13.1 Å². The lowest BCUT2D eigenvalue weighted by atomic mass is 9.92. The largest absolute Gasteiger partial charge is 0.369 e. The second-order valence-corrected chi connectivity index (χ2v) is 4.92. The van der Waals surface area contributed by atoms with Gasteiger partial charge in [-0.25, -0.2) is 0 Å². The van der Waals surface area contributed by atoms with Gasteiger partial charge in [-0.15, -0.1) is 0 Å². The average Bonchev–Trinajstić information content (AvgIpc) is 2.04. The number of hydrogen-bond acceptors (Lipinski definition) is 2. The molecule has 1 heterocycles. The molecule has 0 aliphatic carbocycles. The van der Waals surface area contributed by atoms with Crippen LogP contribution in [0.3, 0.4) is 0 Å². The standard InChI is InChI=1S/C11H23NO/c1-5-10(2,3)13-11(4)6-8-12-9-7-11/h12H,5-9H2,1-4H3. The van der Waals surface area contributed by atoms with Crippen molar-refractivity contribution in [1.82, 2.24) is 5.32 Å². The Morgan fingerprint density at radius 3 is 2.31 bits per heavy atom. The summed E-state index contributed by atoms with van der Waals surface area (Å²) in [6.07, 6.45) is 3.35. The molecule has 1 aliphatic heterocycles. The van der Waals surface area contributed by atoms with Crippen molar-refractivity contribution in [2.45, 2.75) is 58.2 Å². The SMILES string of the molecule is CCC(C)(C)OC1(C)CCNCC1. The van der Waals surface area contributed by atoms with E-state index in [0.29, 0.717) is 0 Å². The van der Waals surface area contributed by atoms with Gasteiger partial charge in [0.2, 0.25) is 0 Å². The van der Waals surface area contributed by atoms with Gasteiger partial charge in [-0.3, -0.25) is 0 Å². The van der Waals surface area contributed by atoms with Crippen LogP contribution >= 0.6 is 0 Å². The van der Waals surface area contributed by atoms with E-state index < -0.39 is 0 Å². The molecular weight excluding hydrogens is 162 g/mol. The summed E-state index contributed by atoms with van der Waals surface area (Å²) >= 11 is 0. The van der Waals surface area contributed by atoms with E-state index in [4.69, 9.17) is 4.74 Å². The summed E-state index contributed by atoms with van der Waals surface area (Å²) in [5.74, 6) is 0. The Kier molecular flexibility index (Phi) is 3.36. The second-order valence-electron chi connectivity index (χ2n) is 4.92. The first-order valence-electron chi connectivity index (χ1n) is 5.38. The maximum Gasteiger partial charge on any atom is 0.0686 e. The van der Waals surface area contributed by atoms with E-state index in [-0.39, 0.29) is 11.2 Å². The normalized spacial score (nSPS) is 23.1. The van der Waals surface area contributed by atoms with E-state index in [1.54, 1.807) is 0 Å². The van der Waals surface area contributed by atoms with Gasteiger partial charge < -0.3 is 10.1 Å². The molecule has 1 rings (SSSR count). The molecule has 0 bridgehead atoms. The molecule has 0 unspecified atom stereocenters. The smallest absolute Gasteiger partial charge is 0.0686 e. The Hall–Kier alpha value is -0.0800. The molecular formula is C11H23NO. The first-order valence-corrected chi connectivity index (χ1v) is 5.38. The molecule has 13 heavy (non-hydrogen) atoms. The number of nitrogens with one attached hydrogen (secondary N) is 1. The van der Waals surface area contributed by atoms with Crippen LogP contribution in [-0.4, -0.2) is 24.3 Å². The molecule has 1 N–H and O–H groups in total. The molecule has 1 aliphatic rings. The van der Waals surface area contributed by atoms with Crippen molar-refractivity contribution in [3.05, 3.63) is 0 Å². The summed E-state index contributed by atoms with van der Waals surface area (Å²) in [5, 5.41) is 3.36. The first-order chi connectivity index (χ1) is 5.97. The van der Waals surface area contributed by atoms with Crippen LogP contribution in [0.25, 0.3) is 0 Å². The molecule has 0 aromatic rings. The molecule has 0 amide bonds. The van der Waals surface area contributed by atoms with Gasteiger partial charge in [0.1, 0.15) is 0 Å². The summed E-state index contributed by atoms with van der Waals surface area (Å²) in [4.78, 5) is 0. The van der Waals surface area contributed by atoms with E-state index in [1.165, 1.54) is 0 Å². The van der Waals surface area contributed by atoms with Crippen LogP contribution < -0.4 is 5.32 Å². The van der Waals surface area contributed by atoms with E-state index in [9.17, 15) is 0 Å². The lowest BCUT2D eigenvalue weighted by Gasteiger charge is -2.40. The molecule has 0 atom stereocenters. The van der Waals surface area contributed by atoms with Gasteiger partial charge in [-0.1, -0.05) is 6.92 Å². The Labute approximate surface area is 82.0 Å². The van der Waals surface area contributed by atoms with E-state index in [0.717, 1.165) is 32.4 Å². The van der Waals surface area contributed by atoms with Crippen LogP contribution in [0.2, 0.25) is 0 Å². The lowest BCUT2D eigenvalue weighted by molar-refractivity contribution is -0.144. The summed E-state index contributed by atoms with van der Waals surface area (Å²) in [6.45, 7) is 11.0. The monoisotopic (exact) mass is 185 g/mol. The van der Waals surface area contributed by atoms with Crippen LogP contribution in [0.5, 0.6) is 0 Å². The Bertz CT molecular complexity index is 159. The third-order valence-electron chi connectivity index (χ3n) is 3.04. The molecule has 78 valence electrons. The zero-order chi connectivity index (χ0) is 9.95.